The van der Waals surface area contributed by atoms with E-state index in [4.69, 9.17) is 14.2 Å². The first-order valence-corrected chi connectivity index (χ1v) is 11.8. The zero-order valence-corrected chi connectivity index (χ0v) is 22.8. The summed E-state index contributed by atoms with van der Waals surface area (Å²) in [5, 5.41) is 28.1. The molecule has 0 spiro atoms. The van der Waals surface area contributed by atoms with Gasteiger partial charge in [0.2, 0.25) is 0 Å². The van der Waals surface area contributed by atoms with Crippen molar-refractivity contribution in [3.8, 4) is 0 Å². The standard InChI is InChI=1S/3C8H13NO3.Fe/c3*1-7(10)6-8(11)9-2-4-12-5-3-9;/h3*6,11H,2-5H2,1H3;. The first kappa shape index (κ1) is 34.4. The zero-order valence-electron chi connectivity index (χ0n) is 21.7. The van der Waals surface area contributed by atoms with Crippen molar-refractivity contribution < 1.29 is 61.0 Å². The maximum Gasteiger partial charge on any atom is 0.190 e. The fourth-order valence-electron chi connectivity index (χ4n) is 3.20. The van der Waals surface area contributed by atoms with Crippen molar-refractivity contribution in [3.05, 3.63) is 35.9 Å². The van der Waals surface area contributed by atoms with Crippen LogP contribution in [0.3, 0.4) is 0 Å². The van der Waals surface area contributed by atoms with Gasteiger partial charge in [0.15, 0.2) is 35.0 Å². The fourth-order valence-corrected chi connectivity index (χ4v) is 3.20. The molecule has 3 aliphatic heterocycles. The summed E-state index contributed by atoms with van der Waals surface area (Å²) < 4.78 is 15.3. The summed E-state index contributed by atoms with van der Waals surface area (Å²) in [6, 6.07) is 0. The third kappa shape index (κ3) is 16.0. The molecule has 0 aliphatic carbocycles. The summed E-state index contributed by atoms with van der Waals surface area (Å²) in [4.78, 5) is 37.0. The molecular weight excluding hydrogens is 530 g/mol. The SMILES string of the molecule is CC(=O)C=C(O)N1CCOCC1.CC(=O)C=C(O)N1CCOCC1.CC(=O)C=C(O)N1CCOCC1.[Fe]. The second-order valence-electron chi connectivity index (χ2n) is 8.14. The van der Waals surface area contributed by atoms with Crippen LogP contribution in [-0.4, -0.2) is 126 Å². The minimum atomic E-state index is -0.140. The molecule has 0 saturated carbocycles. The van der Waals surface area contributed by atoms with E-state index in [0.29, 0.717) is 78.9 Å². The Balaban J connectivity index is 0.000000518. The van der Waals surface area contributed by atoms with Gasteiger partial charge in [0, 0.05) is 74.6 Å². The van der Waals surface area contributed by atoms with Crippen molar-refractivity contribution >= 4 is 17.3 Å². The van der Waals surface area contributed by atoms with Gasteiger partial charge in [-0.2, -0.15) is 0 Å². The van der Waals surface area contributed by atoms with E-state index in [9.17, 15) is 29.7 Å². The van der Waals surface area contributed by atoms with E-state index in [1.807, 2.05) is 0 Å². The Hall–Kier alpha value is -2.57. The second-order valence-corrected chi connectivity index (χ2v) is 8.14. The predicted octanol–water partition coefficient (Wildman–Crippen LogP) is 0.919. The molecule has 0 bridgehead atoms. The average Bonchev–Trinajstić information content (AvgIpc) is 2.85. The molecular formula is C24H39FeN3O9. The Morgan fingerprint density at radius 2 is 0.703 bits per heavy atom. The molecule has 0 aromatic carbocycles. The van der Waals surface area contributed by atoms with Crippen LogP contribution >= 0.6 is 0 Å². The van der Waals surface area contributed by atoms with Crippen LogP contribution in [0.15, 0.2) is 35.9 Å². The fraction of sp³-hybridized carbons (Fsp3) is 0.625. The predicted molar refractivity (Wildman–Crippen MR) is 131 cm³/mol. The summed E-state index contributed by atoms with van der Waals surface area (Å²) in [6.45, 7) is 11.8. The van der Waals surface area contributed by atoms with Gasteiger partial charge in [0.1, 0.15) is 0 Å². The number of morpholine rings is 3. The van der Waals surface area contributed by atoms with Crippen LogP contribution in [-0.2, 0) is 45.7 Å². The molecule has 0 unspecified atom stereocenters. The number of aliphatic hydroxyl groups is 3. The summed E-state index contributed by atoms with van der Waals surface area (Å²) >= 11 is 0. The van der Waals surface area contributed by atoms with Gasteiger partial charge in [-0.3, -0.25) is 14.4 Å². The molecule has 13 heteroatoms. The number of aliphatic hydroxyl groups excluding tert-OH is 3. The number of allylic oxidation sites excluding steroid dienone is 3. The topological polar surface area (TPSA) is 149 Å². The molecule has 0 aromatic rings. The third-order valence-corrected chi connectivity index (χ3v) is 5.00. The van der Waals surface area contributed by atoms with Gasteiger partial charge < -0.3 is 44.2 Å². The average molecular weight is 569 g/mol. The summed E-state index contributed by atoms with van der Waals surface area (Å²) in [6.07, 6.45) is 3.68. The van der Waals surface area contributed by atoms with Crippen LogP contribution in [0, 0.1) is 0 Å². The van der Waals surface area contributed by atoms with Gasteiger partial charge >= 0.3 is 0 Å². The van der Waals surface area contributed by atoms with Crippen LogP contribution in [0.4, 0.5) is 0 Å². The number of ketones is 3. The van der Waals surface area contributed by atoms with E-state index in [1.54, 1.807) is 14.7 Å². The van der Waals surface area contributed by atoms with E-state index in [1.165, 1.54) is 39.0 Å². The Labute approximate surface area is 228 Å². The molecule has 0 radical (unpaired) electrons. The Morgan fingerprint density at radius 1 is 0.514 bits per heavy atom. The van der Waals surface area contributed by atoms with Crippen molar-refractivity contribution in [1.82, 2.24) is 14.7 Å². The van der Waals surface area contributed by atoms with Gasteiger partial charge in [-0.25, -0.2) is 0 Å². The van der Waals surface area contributed by atoms with Gasteiger partial charge in [-0.1, -0.05) is 0 Å². The normalized spacial score (nSPS) is 18.9. The van der Waals surface area contributed by atoms with Crippen molar-refractivity contribution in [2.45, 2.75) is 20.8 Å². The van der Waals surface area contributed by atoms with Gasteiger partial charge in [0.05, 0.1) is 39.6 Å². The van der Waals surface area contributed by atoms with Gasteiger partial charge in [-0.05, 0) is 20.8 Å². The smallest absolute Gasteiger partial charge is 0.190 e. The van der Waals surface area contributed by atoms with Crippen LogP contribution in [0.1, 0.15) is 20.8 Å². The number of carbonyl (C=O) groups is 3. The molecule has 212 valence electrons. The van der Waals surface area contributed by atoms with E-state index < -0.39 is 0 Å². The van der Waals surface area contributed by atoms with Crippen molar-refractivity contribution in [1.29, 1.82) is 0 Å². The summed E-state index contributed by atoms with van der Waals surface area (Å²) in [5.74, 6) is -0.278. The van der Waals surface area contributed by atoms with Crippen LogP contribution in [0.5, 0.6) is 0 Å². The molecule has 3 fully saturated rings. The second kappa shape index (κ2) is 19.5. The minimum Gasteiger partial charge on any atom is -0.495 e. The first-order valence-electron chi connectivity index (χ1n) is 11.8. The van der Waals surface area contributed by atoms with E-state index in [-0.39, 0.29) is 52.1 Å². The Bertz CT molecular complexity index is 695. The quantitative estimate of drug-likeness (QED) is 0.237. The largest absolute Gasteiger partial charge is 0.495 e. The van der Waals surface area contributed by atoms with Crippen LogP contribution < -0.4 is 0 Å². The maximum atomic E-state index is 10.6. The van der Waals surface area contributed by atoms with E-state index in [2.05, 4.69) is 0 Å². The molecule has 0 aromatic heterocycles. The summed E-state index contributed by atoms with van der Waals surface area (Å²) in [5.41, 5.74) is 0. The van der Waals surface area contributed by atoms with Gasteiger partial charge in [0.25, 0.3) is 0 Å². The summed E-state index contributed by atoms with van der Waals surface area (Å²) in [7, 11) is 0. The number of rotatable bonds is 6. The molecule has 3 rings (SSSR count). The number of ether oxygens (including phenoxy) is 3. The van der Waals surface area contributed by atoms with Crippen LogP contribution in [0.25, 0.3) is 0 Å². The molecule has 3 heterocycles. The molecule has 3 N–H and O–H groups in total. The zero-order chi connectivity index (χ0) is 26.9. The molecule has 0 amide bonds. The number of nitrogens with zero attached hydrogens (tertiary/aromatic N) is 3. The third-order valence-electron chi connectivity index (χ3n) is 5.00. The van der Waals surface area contributed by atoms with Crippen molar-refractivity contribution in [3.63, 3.8) is 0 Å². The first-order chi connectivity index (χ1) is 17.1. The van der Waals surface area contributed by atoms with Crippen molar-refractivity contribution in [2.75, 3.05) is 78.9 Å². The van der Waals surface area contributed by atoms with Gasteiger partial charge in [-0.15, -0.1) is 0 Å². The van der Waals surface area contributed by atoms with Crippen LogP contribution in [0.2, 0.25) is 0 Å². The monoisotopic (exact) mass is 569 g/mol. The number of hydrogen-bond acceptors (Lipinski definition) is 12. The maximum absolute atomic E-state index is 10.6. The molecule has 3 saturated heterocycles. The number of hydrogen-bond donors (Lipinski definition) is 3. The molecule has 3 aliphatic rings. The Kier molecular flexibility index (Phi) is 18.2. The molecule has 37 heavy (non-hydrogen) atoms. The van der Waals surface area contributed by atoms with E-state index >= 15 is 0 Å². The molecule has 0 atom stereocenters. The minimum absolute atomic E-state index is 0. The molecule has 12 nitrogen and oxygen atoms in total. The Morgan fingerprint density at radius 3 is 0.865 bits per heavy atom. The van der Waals surface area contributed by atoms with Crippen molar-refractivity contribution in [2.24, 2.45) is 0 Å². The number of carbonyl (C=O) groups excluding carboxylic acids is 3. The van der Waals surface area contributed by atoms with E-state index in [0.717, 1.165) is 0 Å².